The van der Waals surface area contributed by atoms with Crippen LogP contribution in [0.5, 0.6) is 0 Å². The van der Waals surface area contributed by atoms with Gasteiger partial charge in [0.05, 0.1) is 21.0 Å². The van der Waals surface area contributed by atoms with E-state index in [4.69, 9.17) is 34.8 Å². The summed E-state index contributed by atoms with van der Waals surface area (Å²) < 4.78 is 0. The molecule has 0 spiro atoms. The molecule has 0 radical (unpaired) electrons. The summed E-state index contributed by atoms with van der Waals surface area (Å²) in [7, 11) is 0. The van der Waals surface area contributed by atoms with E-state index in [2.05, 4.69) is 4.98 Å². The average Bonchev–Trinajstić information content (AvgIpc) is 2.00. The molecule has 0 aromatic carbocycles. The van der Waals surface area contributed by atoms with Gasteiger partial charge < -0.3 is 9.90 Å². The Morgan fingerprint density at radius 2 is 1.85 bits per heavy atom. The van der Waals surface area contributed by atoms with E-state index in [1.165, 1.54) is 0 Å². The number of carboxylic acid groups (broad SMARTS) is 1. The number of nitrogens with zero attached hydrogens (tertiary/aromatic N) is 1. The fraction of sp³-hybridized carbons (Fsp3) is 0. The maximum absolute atomic E-state index is 10.3. The first-order valence-electron chi connectivity index (χ1n) is 2.75. The predicted molar refractivity (Wildman–Crippen MR) is 43.6 cm³/mol. The van der Waals surface area contributed by atoms with Gasteiger partial charge in [-0.15, -0.1) is 0 Å². The summed E-state index contributed by atoms with van der Waals surface area (Å²) in [5, 5.41) is 10.2. The molecule has 13 heavy (non-hydrogen) atoms. The van der Waals surface area contributed by atoms with Gasteiger partial charge in [-0.1, -0.05) is 34.8 Å². The molecule has 3 nitrogen and oxygen atoms in total. The van der Waals surface area contributed by atoms with Crippen LogP contribution < -0.4 is 34.7 Å². The van der Waals surface area contributed by atoms with Crippen molar-refractivity contribution in [3.8, 4) is 0 Å². The number of halogens is 3. The van der Waals surface area contributed by atoms with Crippen molar-refractivity contribution in [3.63, 3.8) is 0 Å². The fourth-order valence-electron chi connectivity index (χ4n) is 0.586. The van der Waals surface area contributed by atoms with Crippen molar-refractivity contribution in [3.05, 3.63) is 27.0 Å². The molecule has 0 aliphatic rings. The van der Waals surface area contributed by atoms with Gasteiger partial charge in [0, 0.05) is 6.20 Å². The molecule has 0 aliphatic heterocycles. The average molecular weight is 248 g/mol. The Bertz CT molecular complexity index is 345. The topological polar surface area (TPSA) is 53.0 Å². The molecule has 64 valence electrons. The maximum atomic E-state index is 10.3. The van der Waals surface area contributed by atoms with E-state index in [0.717, 1.165) is 6.20 Å². The number of carbonyl (C=O) groups is 1. The van der Waals surface area contributed by atoms with Gasteiger partial charge in [-0.3, -0.25) is 4.98 Å². The van der Waals surface area contributed by atoms with Gasteiger partial charge in [0.2, 0.25) is 0 Å². The summed E-state index contributed by atoms with van der Waals surface area (Å²) in [6.07, 6.45) is 1.10. The van der Waals surface area contributed by atoms with Gasteiger partial charge in [0.1, 0.15) is 5.69 Å². The second-order valence-corrected chi connectivity index (χ2v) is 3.03. The summed E-state index contributed by atoms with van der Waals surface area (Å²) >= 11 is 16.5. The third kappa shape index (κ3) is 2.98. The fourth-order valence-corrected chi connectivity index (χ4v) is 1.14. The zero-order valence-corrected chi connectivity index (χ0v) is 10.7. The van der Waals surface area contributed by atoms with E-state index < -0.39 is 11.7 Å². The van der Waals surface area contributed by atoms with Crippen LogP contribution in [0.4, 0.5) is 0 Å². The molecule has 0 atom stereocenters. The van der Waals surface area contributed by atoms with Gasteiger partial charge in [0.25, 0.3) is 0 Å². The molecule has 1 aromatic rings. The van der Waals surface area contributed by atoms with Crippen molar-refractivity contribution < 1.29 is 39.5 Å². The molecule has 0 unspecified atom stereocenters. The molecule has 0 fully saturated rings. The van der Waals surface area contributed by atoms with Gasteiger partial charge in [-0.2, -0.15) is 0 Å². The number of carboxylic acids is 1. The van der Waals surface area contributed by atoms with E-state index in [9.17, 15) is 9.90 Å². The van der Waals surface area contributed by atoms with E-state index >= 15 is 0 Å². The van der Waals surface area contributed by atoms with Gasteiger partial charge in [-0.25, -0.2) is 0 Å². The predicted octanol–water partition coefficient (Wildman–Crippen LogP) is -1.59. The molecule has 0 saturated heterocycles. The van der Waals surface area contributed by atoms with Gasteiger partial charge >= 0.3 is 29.6 Å². The molecule has 0 aliphatic carbocycles. The summed E-state index contributed by atoms with van der Waals surface area (Å²) in [5.41, 5.74) is -0.411. The number of carbonyl (C=O) groups excluding carboxylic acids is 1. The molecule has 0 amide bonds. The number of pyridine rings is 1. The van der Waals surface area contributed by atoms with Gasteiger partial charge in [-0.05, 0) is 0 Å². The van der Waals surface area contributed by atoms with E-state index in [1.54, 1.807) is 0 Å². The first kappa shape index (κ1) is 13.5. The summed E-state index contributed by atoms with van der Waals surface area (Å²) in [5.74, 6) is -1.49. The van der Waals surface area contributed by atoms with Crippen LogP contribution in [-0.2, 0) is 0 Å². The van der Waals surface area contributed by atoms with E-state index in [-0.39, 0.29) is 44.6 Å². The molecular weight excluding hydrogens is 247 g/mol. The minimum absolute atomic E-state index is 0. The Hall–Kier alpha value is 0.490. The Kier molecular flexibility index (Phi) is 5.59. The zero-order chi connectivity index (χ0) is 9.30. The summed E-state index contributed by atoms with van der Waals surface area (Å²) in [6, 6.07) is 0. The van der Waals surface area contributed by atoms with Crippen LogP contribution >= 0.6 is 34.8 Å². The van der Waals surface area contributed by atoms with Crippen LogP contribution in [0.3, 0.4) is 0 Å². The molecule has 7 heteroatoms. The molecule has 1 heterocycles. The van der Waals surface area contributed by atoms with Crippen LogP contribution in [-0.4, -0.2) is 11.0 Å². The summed E-state index contributed by atoms with van der Waals surface area (Å²) in [6.45, 7) is 0. The second kappa shape index (κ2) is 5.39. The van der Waals surface area contributed by atoms with Crippen molar-refractivity contribution in [1.29, 1.82) is 0 Å². The Labute approximate surface area is 111 Å². The minimum atomic E-state index is -1.49. The quantitative estimate of drug-likeness (QED) is 0.563. The van der Waals surface area contributed by atoms with Crippen LogP contribution in [0.15, 0.2) is 6.20 Å². The molecule has 1 rings (SSSR count). The number of hydrogen-bond acceptors (Lipinski definition) is 3. The van der Waals surface area contributed by atoms with Crippen molar-refractivity contribution in [2.24, 2.45) is 0 Å². The monoisotopic (exact) mass is 247 g/mol. The summed E-state index contributed by atoms with van der Waals surface area (Å²) in [4.78, 5) is 13.8. The van der Waals surface area contributed by atoms with Gasteiger partial charge in [0.15, 0.2) is 0 Å². The normalized spacial score (nSPS) is 9.15. The maximum Gasteiger partial charge on any atom is 1.00 e. The third-order valence-electron chi connectivity index (χ3n) is 1.11. The van der Waals surface area contributed by atoms with Crippen molar-refractivity contribution in [1.82, 2.24) is 4.98 Å². The molecule has 0 bridgehead atoms. The van der Waals surface area contributed by atoms with Crippen LogP contribution in [0.2, 0.25) is 15.1 Å². The SMILES string of the molecule is O=C([O-])c1ncc(Cl)c(Cl)c1Cl.[Na+]. The number of aromatic nitrogens is 1. The number of rotatable bonds is 1. The van der Waals surface area contributed by atoms with Crippen molar-refractivity contribution in [2.45, 2.75) is 0 Å². The number of hydrogen-bond donors (Lipinski definition) is 0. The molecule has 0 N–H and O–H groups in total. The first-order valence-corrected chi connectivity index (χ1v) is 3.88. The number of aromatic carboxylic acids is 1. The first-order chi connectivity index (χ1) is 5.54. The Morgan fingerprint density at radius 3 is 2.31 bits per heavy atom. The molecular formula is C6HCl3NNaO2. The van der Waals surface area contributed by atoms with E-state index in [0.29, 0.717) is 0 Å². The Morgan fingerprint density at radius 1 is 1.31 bits per heavy atom. The van der Waals surface area contributed by atoms with Crippen LogP contribution in [0.1, 0.15) is 10.5 Å². The standard InChI is InChI=1S/C6H2Cl3NO2.Na/c7-2-1-10-5(6(11)12)4(9)3(2)8;/h1H,(H,11,12);/q;+1/p-1. The van der Waals surface area contributed by atoms with Crippen molar-refractivity contribution >= 4 is 40.8 Å². The Balaban J connectivity index is 0.00000144. The molecule has 0 saturated carbocycles. The van der Waals surface area contributed by atoms with E-state index in [1.807, 2.05) is 0 Å². The smallest absolute Gasteiger partial charge is 0.543 e. The minimum Gasteiger partial charge on any atom is -0.543 e. The van der Waals surface area contributed by atoms with Crippen LogP contribution in [0.25, 0.3) is 0 Å². The van der Waals surface area contributed by atoms with Crippen molar-refractivity contribution in [2.75, 3.05) is 0 Å². The zero-order valence-electron chi connectivity index (χ0n) is 6.47. The third-order valence-corrected chi connectivity index (χ3v) is 2.35. The second-order valence-electron chi connectivity index (χ2n) is 1.87. The van der Waals surface area contributed by atoms with Crippen LogP contribution in [0, 0.1) is 0 Å². The molecule has 1 aromatic heterocycles. The largest absolute Gasteiger partial charge is 1.00 e.